The molecule has 0 unspecified atom stereocenters. The van der Waals surface area contributed by atoms with Crippen LogP contribution in [0.4, 0.5) is 8.78 Å². The largest absolute Gasteiger partial charge is 0.397 e. The van der Waals surface area contributed by atoms with Gasteiger partial charge in [-0.2, -0.15) is 5.26 Å². The van der Waals surface area contributed by atoms with Gasteiger partial charge >= 0.3 is 0 Å². The Bertz CT molecular complexity index is 687. The summed E-state index contributed by atoms with van der Waals surface area (Å²) in [6.07, 6.45) is 0. The highest BCUT2D eigenvalue weighted by atomic mass is 35.5. The second-order valence-electron chi connectivity index (χ2n) is 3.62. The van der Waals surface area contributed by atoms with Crippen LogP contribution in [-0.2, 0) is 0 Å². The zero-order valence-corrected chi connectivity index (χ0v) is 11.0. The smallest absolute Gasteiger partial charge is 0.142 e. The van der Waals surface area contributed by atoms with Crippen molar-refractivity contribution < 1.29 is 8.78 Å². The molecule has 0 fully saturated rings. The van der Waals surface area contributed by atoms with Gasteiger partial charge in [0.1, 0.15) is 17.7 Å². The van der Waals surface area contributed by atoms with Gasteiger partial charge in [0.05, 0.1) is 16.3 Å². The van der Waals surface area contributed by atoms with Gasteiger partial charge in [-0.25, -0.2) is 8.78 Å². The first-order valence-electron chi connectivity index (χ1n) is 5.13. The van der Waals surface area contributed by atoms with E-state index in [-0.39, 0.29) is 21.9 Å². The molecule has 0 amide bonds. The second-order valence-corrected chi connectivity index (χ2v) is 4.98. The van der Waals surface area contributed by atoms with Gasteiger partial charge in [-0.3, -0.25) is 0 Å². The minimum absolute atomic E-state index is 0.107. The highest BCUT2D eigenvalue weighted by Crippen LogP contribution is 2.29. The zero-order chi connectivity index (χ0) is 14.0. The van der Waals surface area contributed by atoms with Crippen LogP contribution in [0.5, 0.6) is 0 Å². The van der Waals surface area contributed by atoms with E-state index in [1.165, 1.54) is 11.3 Å². The Morgan fingerprint density at radius 2 is 2.05 bits per heavy atom. The molecule has 0 radical (unpaired) electrons. The molecule has 1 aromatic carbocycles. The highest BCUT2D eigenvalue weighted by Gasteiger charge is 2.15. The molecule has 2 rings (SSSR count). The van der Waals surface area contributed by atoms with Gasteiger partial charge in [0.15, 0.2) is 0 Å². The van der Waals surface area contributed by atoms with Crippen molar-refractivity contribution in [2.24, 2.45) is 5.73 Å². The molecule has 2 nitrogen and oxygen atoms in total. The fraction of sp³-hybridized carbons (Fsp3) is 0. The predicted molar refractivity (Wildman–Crippen MR) is 72.3 cm³/mol. The fourth-order valence-corrected chi connectivity index (χ4v) is 2.42. The Hall–Kier alpha value is -1.90. The molecular weight excluding hydrogens is 290 g/mol. The molecule has 0 saturated carbocycles. The van der Waals surface area contributed by atoms with Crippen LogP contribution in [0.1, 0.15) is 10.4 Å². The lowest BCUT2D eigenvalue weighted by Gasteiger charge is -2.07. The summed E-state index contributed by atoms with van der Waals surface area (Å²) in [6.45, 7) is 0. The summed E-state index contributed by atoms with van der Waals surface area (Å²) in [5, 5.41) is 10.6. The number of hydrogen-bond donors (Lipinski definition) is 1. The van der Waals surface area contributed by atoms with Gasteiger partial charge < -0.3 is 5.73 Å². The Balaban J connectivity index is 2.64. The first kappa shape index (κ1) is 13.5. The summed E-state index contributed by atoms with van der Waals surface area (Å²) in [5.41, 5.74) is 5.59. The van der Waals surface area contributed by atoms with Crippen LogP contribution in [0.2, 0.25) is 5.02 Å². The Morgan fingerprint density at radius 1 is 1.32 bits per heavy atom. The van der Waals surface area contributed by atoms with Crippen molar-refractivity contribution in [2.75, 3.05) is 0 Å². The number of halogens is 3. The van der Waals surface area contributed by atoms with E-state index in [1.54, 1.807) is 17.5 Å². The zero-order valence-electron chi connectivity index (χ0n) is 9.45. The molecule has 1 aromatic heterocycles. The number of nitrogens with two attached hydrogens (primary N) is 1. The van der Waals surface area contributed by atoms with Crippen LogP contribution in [0.15, 0.2) is 29.6 Å². The van der Waals surface area contributed by atoms with Crippen LogP contribution in [0, 0.1) is 23.0 Å². The SMILES string of the molecule is N#C/C(=C(/N)c1cc(F)c(Cl)cc1F)c1cccs1. The van der Waals surface area contributed by atoms with Crippen molar-refractivity contribution in [2.45, 2.75) is 0 Å². The van der Waals surface area contributed by atoms with Crippen LogP contribution in [0.3, 0.4) is 0 Å². The van der Waals surface area contributed by atoms with Gasteiger partial charge in [0.25, 0.3) is 0 Å². The second kappa shape index (κ2) is 5.39. The molecule has 0 atom stereocenters. The van der Waals surface area contributed by atoms with E-state index in [2.05, 4.69) is 0 Å². The van der Waals surface area contributed by atoms with E-state index >= 15 is 0 Å². The fourth-order valence-electron chi connectivity index (χ4n) is 1.53. The molecule has 2 aromatic rings. The molecule has 96 valence electrons. The summed E-state index contributed by atoms with van der Waals surface area (Å²) in [7, 11) is 0. The van der Waals surface area contributed by atoms with E-state index in [0.717, 1.165) is 12.1 Å². The maximum absolute atomic E-state index is 13.7. The molecule has 0 saturated heterocycles. The predicted octanol–water partition coefficient (Wildman–Crippen LogP) is 4.03. The van der Waals surface area contributed by atoms with E-state index in [1.807, 2.05) is 6.07 Å². The van der Waals surface area contributed by atoms with E-state index in [4.69, 9.17) is 22.6 Å². The Morgan fingerprint density at radius 3 is 2.63 bits per heavy atom. The Labute approximate surface area is 117 Å². The first-order chi connectivity index (χ1) is 9.04. The average Bonchev–Trinajstić information content (AvgIpc) is 2.88. The van der Waals surface area contributed by atoms with Crippen molar-refractivity contribution in [1.29, 1.82) is 5.26 Å². The molecule has 0 aliphatic heterocycles. The molecular formula is C13H7ClF2N2S. The van der Waals surface area contributed by atoms with E-state index in [0.29, 0.717) is 4.88 Å². The van der Waals surface area contributed by atoms with Crippen LogP contribution in [0.25, 0.3) is 11.3 Å². The normalized spacial score (nSPS) is 11.9. The lowest BCUT2D eigenvalue weighted by atomic mass is 10.1. The molecule has 0 aliphatic rings. The topological polar surface area (TPSA) is 49.8 Å². The van der Waals surface area contributed by atoms with Gasteiger partial charge in [0.2, 0.25) is 0 Å². The molecule has 1 heterocycles. The number of benzene rings is 1. The molecule has 0 spiro atoms. The first-order valence-corrected chi connectivity index (χ1v) is 6.39. The van der Waals surface area contributed by atoms with Crippen LogP contribution < -0.4 is 5.73 Å². The highest BCUT2D eigenvalue weighted by molar-refractivity contribution is 7.11. The summed E-state index contributed by atoms with van der Waals surface area (Å²) in [6, 6.07) is 7.05. The molecule has 6 heteroatoms. The van der Waals surface area contributed by atoms with Crippen molar-refractivity contribution in [3.63, 3.8) is 0 Å². The van der Waals surface area contributed by atoms with Crippen molar-refractivity contribution >= 4 is 34.2 Å². The van der Waals surface area contributed by atoms with Gasteiger partial charge in [-0.1, -0.05) is 17.7 Å². The lowest BCUT2D eigenvalue weighted by molar-refractivity contribution is 0.597. The third-order valence-corrected chi connectivity index (χ3v) is 3.63. The summed E-state index contributed by atoms with van der Waals surface area (Å²) in [5.74, 6) is -1.56. The number of thiophene rings is 1. The lowest BCUT2D eigenvalue weighted by Crippen LogP contribution is -2.03. The van der Waals surface area contributed by atoms with Gasteiger partial charge in [-0.15, -0.1) is 11.3 Å². The molecule has 19 heavy (non-hydrogen) atoms. The summed E-state index contributed by atoms with van der Waals surface area (Å²) < 4.78 is 27.1. The quantitative estimate of drug-likeness (QED) is 0.672. The van der Waals surface area contributed by atoms with Crippen LogP contribution >= 0.6 is 22.9 Å². The Kier molecular flexibility index (Phi) is 3.84. The van der Waals surface area contributed by atoms with E-state index < -0.39 is 11.6 Å². The summed E-state index contributed by atoms with van der Waals surface area (Å²) >= 11 is 6.76. The minimum atomic E-state index is -0.788. The van der Waals surface area contributed by atoms with Gasteiger partial charge in [0, 0.05) is 10.4 Å². The number of nitriles is 1. The van der Waals surface area contributed by atoms with Crippen molar-refractivity contribution in [3.8, 4) is 6.07 Å². The van der Waals surface area contributed by atoms with Crippen molar-refractivity contribution in [3.05, 3.63) is 56.7 Å². The third-order valence-electron chi connectivity index (χ3n) is 2.45. The van der Waals surface area contributed by atoms with Gasteiger partial charge in [-0.05, 0) is 23.6 Å². The molecule has 2 N–H and O–H groups in total. The maximum atomic E-state index is 13.7. The minimum Gasteiger partial charge on any atom is -0.397 e. The van der Waals surface area contributed by atoms with Crippen molar-refractivity contribution in [1.82, 2.24) is 0 Å². The number of hydrogen-bond acceptors (Lipinski definition) is 3. The van der Waals surface area contributed by atoms with E-state index in [9.17, 15) is 8.78 Å². The van der Waals surface area contributed by atoms with Crippen LogP contribution in [-0.4, -0.2) is 0 Å². The number of nitrogens with zero attached hydrogens (tertiary/aromatic N) is 1. The molecule has 0 aliphatic carbocycles. The number of rotatable bonds is 2. The monoisotopic (exact) mass is 296 g/mol. The number of allylic oxidation sites excluding steroid dienone is 1. The average molecular weight is 297 g/mol. The summed E-state index contributed by atoms with van der Waals surface area (Å²) in [4.78, 5) is 0.592. The third kappa shape index (κ3) is 2.60. The maximum Gasteiger partial charge on any atom is 0.142 e. The molecule has 0 bridgehead atoms. The standard InChI is InChI=1S/C13H7ClF2N2S/c14-9-5-10(15)7(4-11(9)16)13(18)8(6-17)12-2-1-3-19-12/h1-5H,18H2/b13-8-.